The van der Waals surface area contributed by atoms with Crippen LogP contribution in [-0.2, 0) is 6.54 Å². The highest BCUT2D eigenvalue weighted by Crippen LogP contribution is 2.16. The number of anilines is 1. The summed E-state index contributed by atoms with van der Waals surface area (Å²) in [6.45, 7) is 0.262. The Bertz CT molecular complexity index is 863. The maximum Gasteiger partial charge on any atom is 0.278 e. The molecule has 0 aliphatic carbocycles. The number of allylic oxidation sites excluding steroid dienone is 1. The summed E-state index contributed by atoms with van der Waals surface area (Å²) in [5, 5.41) is 2.54. The Morgan fingerprint density at radius 3 is 2.73 bits per heavy atom. The van der Waals surface area contributed by atoms with Crippen LogP contribution in [0.15, 0.2) is 47.5 Å². The number of aldehydes is 1. The summed E-state index contributed by atoms with van der Waals surface area (Å²) in [5.41, 5.74) is 12.6. The number of nitrogen functional groups attached to an aromatic ring is 1. The Kier molecular flexibility index (Phi) is 6.38. The number of aliphatic imine (C=N–C) groups is 1. The standard InChI is InChI=1S/C17H18N6O3/c1-26-14-5-11(4-12(6-14)10-24)8-20-9-13(7-18)23-17(25)15-16(19)22-3-2-21-15/h2-7,9-10H,8,18H2,1H3,(H2,19,22)(H,23,25)/b13-7+,20-9?. The third-order valence-corrected chi connectivity index (χ3v) is 3.24. The number of carbonyl (C=O) groups excluding carboxylic acids is 2. The number of hydrogen-bond acceptors (Lipinski definition) is 8. The number of benzene rings is 1. The van der Waals surface area contributed by atoms with Crippen molar-refractivity contribution in [2.45, 2.75) is 6.54 Å². The van der Waals surface area contributed by atoms with Gasteiger partial charge in [0.2, 0.25) is 0 Å². The van der Waals surface area contributed by atoms with Crippen molar-refractivity contribution in [1.82, 2.24) is 15.3 Å². The molecule has 2 aromatic rings. The molecule has 1 aromatic carbocycles. The molecule has 26 heavy (non-hydrogen) atoms. The lowest BCUT2D eigenvalue weighted by molar-refractivity contribution is 0.0963. The topological polar surface area (TPSA) is 146 Å². The molecule has 2 rings (SSSR count). The summed E-state index contributed by atoms with van der Waals surface area (Å²) in [7, 11) is 1.51. The lowest BCUT2D eigenvalue weighted by Crippen LogP contribution is -2.26. The van der Waals surface area contributed by atoms with E-state index in [4.69, 9.17) is 16.2 Å². The van der Waals surface area contributed by atoms with Crippen LogP contribution in [-0.4, -0.2) is 35.5 Å². The van der Waals surface area contributed by atoms with Crippen LogP contribution in [0.5, 0.6) is 5.75 Å². The average Bonchev–Trinajstić information content (AvgIpc) is 2.66. The maximum atomic E-state index is 12.1. The molecule has 0 spiro atoms. The molecule has 134 valence electrons. The summed E-state index contributed by atoms with van der Waals surface area (Å²) >= 11 is 0. The fourth-order valence-corrected chi connectivity index (χ4v) is 2.04. The molecule has 0 unspecified atom stereocenters. The van der Waals surface area contributed by atoms with Crippen LogP contribution in [0.4, 0.5) is 5.82 Å². The van der Waals surface area contributed by atoms with Crippen molar-refractivity contribution < 1.29 is 14.3 Å². The predicted octanol–water partition coefficient (Wildman–Crippen LogP) is 0.681. The first-order valence-corrected chi connectivity index (χ1v) is 7.50. The summed E-state index contributed by atoms with van der Waals surface area (Å²) in [6, 6.07) is 5.07. The smallest absolute Gasteiger partial charge is 0.278 e. The molecule has 9 heteroatoms. The molecule has 5 N–H and O–H groups in total. The Morgan fingerprint density at radius 1 is 1.31 bits per heavy atom. The molecular formula is C17H18N6O3. The van der Waals surface area contributed by atoms with Crippen LogP contribution in [0, 0.1) is 0 Å². The van der Waals surface area contributed by atoms with E-state index in [1.165, 1.54) is 31.9 Å². The van der Waals surface area contributed by atoms with Crippen LogP contribution >= 0.6 is 0 Å². The molecule has 1 aromatic heterocycles. The van der Waals surface area contributed by atoms with Crippen molar-refractivity contribution in [3.8, 4) is 5.75 Å². The normalized spacial score (nSPS) is 11.3. The zero-order valence-corrected chi connectivity index (χ0v) is 14.0. The molecule has 9 nitrogen and oxygen atoms in total. The van der Waals surface area contributed by atoms with Crippen LogP contribution in [0.3, 0.4) is 0 Å². The van der Waals surface area contributed by atoms with Gasteiger partial charge >= 0.3 is 0 Å². The zero-order valence-electron chi connectivity index (χ0n) is 14.0. The van der Waals surface area contributed by atoms with Gasteiger partial charge in [0.05, 0.1) is 19.4 Å². The molecule has 1 amide bonds. The minimum atomic E-state index is -0.552. The van der Waals surface area contributed by atoms with Gasteiger partial charge in [-0.15, -0.1) is 0 Å². The minimum absolute atomic E-state index is 0.0103. The minimum Gasteiger partial charge on any atom is -0.497 e. The van der Waals surface area contributed by atoms with Crippen molar-refractivity contribution in [2.24, 2.45) is 10.7 Å². The molecule has 0 aliphatic heterocycles. The number of nitrogens with two attached hydrogens (primary N) is 2. The summed E-state index contributed by atoms with van der Waals surface area (Å²) in [5.74, 6) is 0.0141. The van der Waals surface area contributed by atoms with Gasteiger partial charge in [-0.2, -0.15) is 0 Å². The highest BCUT2D eigenvalue weighted by molar-refractivity contribution is 6.00. The number of nitrogens with one attached hydrogen (secondary N) is 1. The number of aromatic nitrogens is 2. The number of hydrogen-bond donors (Lipinski definition) is 3. The summed E-state index contributed by atoms with van der Waals surface area (Å²) < 4.78 is 5.13. The number of carbonyl (C=O) groups is 2. The predicted molar refractivity (Wildman–Crippen MR) is 96.8 cm³/mol. The molecule has 0 radical (unpaired) electrons. The average molecular weight is 354 g/mol. The number of methoxy groups -OCH3 is 1. The van der Waals surface area contributed by atoms with Crippen LogP contribution in [0.2, 0.25) is 0 Å². The Labute approximate surface area is 149 Å². The zero-order chi connectivity index (χ0) is 18.9. The van der Waals surface area contributed by atoms with Crippen LogP contribution in [0.25, 0.3) is 0 Å². The monoisotopic (exact) mass is 354 g/mol. The lowest BCUT2D eigenvalue weighted by Gasteiger charge is -2.06. The van der Waals surface area contributed by atoms with E-state index >= 15 is 0 Å². The van der Waals surface area contributed by atoms with Gasteiger partial charge in [0.25, 0.3) is 5.91 Å². The van der Waals surface area contributed by atoms with E-state index in [-0.39, 0.29) is 23.8 Å². The second kappa shape index (κ2) is 8.92. The number of nitrogens with zero attached hydrogens (tertiary/aromatic N) is 3. The van der Waals surface area contributed by atoms with E-state index in [2.05, 4.69) is 20.3 Å². The fraction of sp³-hybridized carbons (Fsp3) is 0.118. The van der Waals surface area contributed by atoms with Gasteiger partial charge in [-0.3, -0.25) is 14.6 Å². The summed E-state index contributed by atoms with van der Waals surface area (Å²) in [6.07, 6.45) is 6.06. The molecule has 0 aliphatic rings. The molecule has 0 bridgehead atoms. The Balaban J connectivity index is 2.05. The highest BCUT2D eigenvalue weighted by Gasteiger charge is 2.12. The van der Waals surface area contributed by atoms with Gasteiger partial charge in [-0.1, -0.05) is 0 Å². The molecule has 1 heterocycles. The van der Waals surface area contributed by atoms with E-state index in [0.29, 0.717) is 11.3 Å². The highest BCUT2D eigenvalue weighted by atomic mass is 16.5. The van der Waals surface area contributed by atoms with Crippen LogP contribution < -0.4 is 21.5 Å². The van der Waals surface area contributed by atoms with Crippen molar-refractivity contribution >= 4 is 24.2 Å². The maximum absolute atomic E-state index is 12.1. The third-order valence-electron chi connectivity index (χ3n) is 3.24. The largest absolute Gasteiger partial charge is 0.497 e. The van der Waals surface area contributed by atoms with Crippen molar-refractivity contribution in [3.05, 3.63) is 59.3 Å². The SMILES string of the molecule is COc1cc(C=O)cc(CN=C/C(=C\N)NC(=O)c2nccnc2N)c1. The quantitative estimate of drug-likeness (QED) is 0.489. The van der Waals surface area contributed by atoms with E-state index in [1.54, 1.807) is 18.2 Å². The molecular weight excluding hydrogens is 336 g/mol. The molecule has 0 saturated carbocycles. The second-order valence-corrected chi connectivity index (χ2v) is 5.07. The van der Waals surface area contributed by atoms with Gasteiger partial charge in [-0.05, 0) is 23.8 Å². The van der Waals surface area contributed by atoms with E-state index in [9.17, 15) is 9.59 Å². The van der Waals surface area contributed by atoms with Crippen molar-refractivity contribution in [1.29, 1.82) is 0 Å². The van der Waals surface area contributed by atoms with Crippen molar-refractivity contribution in [2.75, 3.05) is 12.8 Å². The van der Waals surface area contributed by atoms with Crippen molar-refractivity contribution in [3.63, 3.8) is 0 Å². The number of rotatable bonds is 7. The second-order valence-electron chi connectivity index (χ2n) is 5.07. The Hall–Kier alpha value is -3.75. The van der Waals surface area contributed by atoms with E-state index in [0.717, 1.165) is 11.8 Å². The van der Waals surface area contributed by atoms with Gasteiger partial charge < -0.3 is 21.5 Å². The van der Waals surface area contributed by atoms with E-state index in [1.807, 2.05) is 0 Å². The molecule has 0 atom stereocenters. The van der Waals surface area contributed by atoms with Gasteiger partial charge in [0, 0.05) is 30.4 Å². The fourth-order valence-electron chi connectivity index (χ4n) is 2.04. The summed E-state index contributed by atoms with van der Waals surface area (Å²) in [4.78, 5) is 35.0. The Morgan fingerprint density at radius 2 is 2.08 bits per heavy atom. The lowest BCUT2D eigenvalue weighted by atomic mass is 10.1. The van der Waals surface area contributed by atoms with Crippen LogP contribution in [0.1, 0.15) is 26.4 Å². The molecule has 0 saturated heterocycles. The first-order chi connectivity index (χ1) is 12.6. The van der Waals surface area contributed by atoms with Gasteiger partial charge in [0.15, 0.2) is 11.5 Å². The number of amides is 1. The third kappa shape index (κ3) is 4.87. The first kappa shape index (κ1) is 18.6. The molecule has 0 fully saturated rings. The van der Waals surface area contributed by atoms with Gasteiger partial charge in [0.1, 0.15) is 12.0 Å². The number of ether oxygens (including phenoxy) is 1. The first-order valence-electron chi connectivity index (χ1n) is 7.50. The van der Waals surface area contributed by atoms with Gasteiger partial charge in [-0.25, -0.2) is 9.97 Å². The van der Waals surface area contributed by atoms with E-state index < -0.39 is 5.91 Å².